The Balaban J connectivity index is 2.19. The second-order valence-corrected chi connectivity index (χ2v) is 5.62. The zero-order valence-corrected chi connectivity index (χ0v) is 11.7. The number of nitrogens with zero attached hydrogens (tertiary/aromatic N) is 3. The number of ketones is 1. The van der Waals surface area contributed by atoms with Crippen molar-refractivity contribution in [3.63, 3.8) is 0 Å². The molecule has 0 aromatic heterocycles. The molecule has 2 heterocycles. The van der Waals surface area contributed by atoms with Crippen molar-refractivity contribution in [2.75, 3.05) is 27.3 Å². The van der Waals surface area contributed by atoms with Gasteiger partial charge in [0.2, 0.25) is 5.79 Å². The summed E-state index contributed by atoms with van der Waals surface area (Å²) in [5.74, 6) is -1.16. The first-order valence-corrected chi connectivity index (χ1v) is 6.54. The van der Waals surface area contributed by atoms with E-state index in [1.165, 1.54) is 0 Å². The Morgan fingerprint density at radius 1 is 1.58 bits per heavy atom. The maximum absolute atomic E-state index is 12.4. The highest BCUT2D eigenvalue weighted by atomic mass is 16.7. The number of carbonyl (C=O) groups excluding carboxylic acids is 1. The molecular weight excluding hydrogens is 246 g/mol. The van der Waals surface area contributed by atoms with Crippen LogP contribution in [0.3, 0.4) is 0 Å². The van der Waals surface area contributed by atoms with Gasteiger partial charge in [-0.3, -0.25) is 4.79 Å². The third kappa shape index (κ3) is 1.41. The van der Waals surface area contributed by atoms with Gasteiger partial charge in [-0.15, -0.1) is 0 Å². The summed E-state index contributed by atoms with van der Waals surface area (Å²) in [4.78, 5) is 14.5. The van der Waals surface area contributed by atoms with Gasteiger partial charge in [-0.25, -0.2) is 0 Å². The predicted octanol–water partition coefficient (Wildman–Crippen LogP) is 0.987. The number of morpholine rings is 1. The maximum atomic E-state index is 12.4. The van der Waals surface area contributed by atoms with Gasteiger partial charge in [0.15, 0.2) is 11.3 Å². The zero-order chi connectivity index (χ0) is 13.8. The molecule has 0 aromatic carbocycles. The fourth-order valence-electron chi connectivity index (χ4n) is 3.51. The highest BCUT2D eigenvalue weighted by Crippen LogP contribution is 2.51. The monoisotopic (exact) mass is 265 g/mol. The molecule has 6 nitrogen and oxygen atoms in total. The Morgan fingerprint density at radius 3 is 3.00 bits per heavy atom. The summed E-state index contributed by atoms with van der Waals surface area (Å²) >= 11 is 0. The van der Waals surface area contributed by atoms with Crippen LogP contribution < -0.4 is 0 Å². The second kappa shape index (κ2) is 3.86. The third-order valence-electron chi connectivity index (χ3n) is 4.53. The van der Waals surface area contributed by atoms with Crippen LogP contribution in [-0.4, -0.2) is 55.4 Å². The minimum absolute atomic E-state index is 0.0226. The van der Waals surface area contributed by atoms with Gasteiger partial charge in [0.05, 0.1) is 24.3 Å². The Kier molecular flexibility index (Phi) is 2.59. The molecule has 4 atom stereocenters. The van der Waals surface area contributed by atoms with Crippen LogP contribution in [-0.2, 0) is 14.3 Å². The summed E-state index contributed by atoms with van der Waals surface area (Å²) in [6.07, 6.45) is 1.61. The lowest BCUT2D eigenvalue weighted by molar-refractivity contribution is -0.265. The lowest BCUT2D eigenvalue weighted by Crippen LogP contribution is -2.65. The quantitative estimate of drug-likeness (QED) is 0.709. The molecule has 1 fully saturated rings. The average Bonchev–Trinajstić information content (AvgIpc) is 2.70. The Bertz CT molecular complexity index is 490. The molecule has 19 heavy (non-hydrogen) atoms. The minimum Gasteiger partial charge on any atom is -0.371 e. The van der Waals surface area contributed by atoms with Gasteiger partial charge in [0.25, 0.3) is 0 Å². The van der Waals surface area contributed by atoms with Crippen molar-refractivity contribution in [2.24, 2.45) is 16.1 Å². The van der Waals surface area contributed by atoms with E-state index in [-0.39, 0.29) is 17.7 Å². The predicted molar refractivity (Wildman–Crippen MR) is 67.6 cm³/mol. The van der Waals surface area contributed by atoms with E-state index in [9.17, 15) is 4.79 Å². The molecule has 0 spiro atoms. The first-order valence-electron chi connectivity index (χ1n) is 6.54. The van der Waals surface area contributed by atoms with E-state index in [0.29, 0.717) is 6.61 Å². The molecule has 0 N–H and O–H groups in total. The van der Waals surface area contributed by atoms with Gasteiger partial charge in [-0.2, -0.15) is 10.2 Å². The molecule has 0 bridgehead atoms. The standard InChI is InChI=1S/C13H19N3O3/c1-8-11-12(2,15-14-8)10(17)7-9-13(11,18-4)19-6-5-16(9)3/h7-8,11H,5-6H2,1-4H3/t8?,11-,12-,13+/m0/s1. The molecule has 6 heteroatoms. The summed E-state index contributed by atoms with van der Waals surface area (Å²) in [6, 6.07) is -0.107. The molecule has 104 valence electrons. The number of methoxy groups -OCH3 is 1. The van der Waals surface area contributed by atoms with Crippen molar-refractivity contribution in [3.8, 4) is 0 Å². The lowest BCUT2D eigenvalue weighted by atomic mass is 9.69. The van der Waals surface area contributed by atoms with E-state index in [2.05, 4.69) is 10.2 Å². The van der Waals surface area contributed by atoms with E-state index in [1.807, 2.05) is 25.8 Å². The van der Waals surface area contributed by atoms with Crippen molar-refractivity contribution in [1.29, 1.82) is 0 Å². The van der Waals surface area contributed by atoms with Crippen molar-refractivity contribution in [3.05, 3.63) is 11.8 Å². The number of likely N-dealkylation sites (N-methyl/N-ethyl adjacent to an activating group) is 1. The normalized spacial score (nSPS) is 44.9. The second-order valence-electron chi connectivity index (χ2n) is 5.62. The topological polar surface area (TPSA) is 63.5 Å². The first kappa shape index (κ1) is 12.7. The molecule has 0 aromatic rings. The summed E-state index contributed by atoms with van der Waals surface area (Å²) in [5.41, 5.74) is -0.0928. The van der Waals surface area contributed by atoms with E-state index >= 15 is 0 Å². The average molecular weight is 265 g/mol. The molecule has 3 aliphatic rings. The van der Waals surface area contributed by atoms with Crippen LogP contribution in [0.4, 0.5) is 0 Å². The number of ether oxygens (including phenoxy) is 2. The van der Waals surface area contributed by atoms with Crippen LogP contribution >= 0.6 is 0 Å². The Hall–Kier alpha value is -1.27. The molecule has 1 aliphatic carbocycles. The van der Waals surface area contributed by atoms with Crippen molar-refractivity contribution in [1.82, 2.24) is 4.90 Å². The number of azo groups is 1. The number of hydrogen-bond acceptors (Lipinski definition) is 6. The molecule has 0 saturated carbocycles. The van der Waals surface area contributed by atoms with Gasteiger partial charge >= 0.3 is 0 Å². The molecule has 2 aliphatic heterocycles. The minimum atomic E-state index is -0.918. The van der Waals surface area contributed by atoms with Gasteiger partial charge in [-0.05, 0) is 13.8 Å². The van der Waals surface area contributed by atoms with E-state index in [1.54, 1.807) is 13.2 Å². The van der Waals surface area contributed by atoms with Crippen LogP contribution in [0, 0.1) is 5.92 Å². The van der Waals surface area contributed by atoms with Crippen LogP contribution in [0.1, 0.15) is 13.8 Å². The summed E-state index contributed by atoms with van der Waals surface area (Å²) in [7, 11) is 3.57. The molecule has 1 saturated heterocycles. The Morgan fingerprint density at radius 2 is 2.32 bits per heavy atom. The summed E-state index contributed by atoms with van der Waals surface area (Å²) in [6.45, 7) is 5.08. The van der Waals surface area contributed by atoms with Crippen LogP contribution in [0.15, 0.2) is 22.0 Å². The molecule has 3 rings (SSSR count). The number of carbonyl (C=O) groups is 1. The number of rotatable bonds is 1. The van der Waals surface area contributed by atoms with Gasteiger partial charge < -0.3 is 14.4 Å². The molecular formula is C13H19N3O3. The highest BCUT2D eigenvalue weighted by molar-refractivity contribution is 6.00. The fourth-order valence-corrected chi connectivity index (χ4v) is 3.51. The van der Waals surface area contributed by atoms with E-state index in [4.69, 9.17) is 9.47 Å². The first-order chi connectivity index (χ1) is 8.95. The highest BCUT2D eigenvalue weighted by Gasteiger charge is 2.65. The Labute approximate surface area is 112 Å². The summed E-state index contributed by atoms with van der Waals surface area (Å²) in [5, 5.41) is 8.42. The van der Waals surface area contributed by atoms with Crippen molar-refractivity contribution in [2.45, 2.75) is 31.2 Å². The van der Waals surface area contributed by atoms with Crippen molar-refractivity contribution < 1.29 is 14.3 Å². The van der Waals surface area contributed by atoms with Gasteiger partial charge in [0, 0.05) is 26.8 Å². The van der Waals surface area contributed by atoms with Gasteiger partial charge in [-0.1, -0.05) is 0 Å². The molecule has 0 amide bonds. The fraction of sp³-hybridized carbons (Fsp3) is 0.769. The number of fused-ring (bicyclic) bond motifs is 3. The maximum Gasteiger partial charge on any atom is 0.217 e. The number of hydrogen-bond donors (Lipinski definition) is 0. The smallest absolute Gasteiger partial charge is 0.217 e. The van der Waals surface area contributed by atoms with E-state index < -0.39 is 11.3 Å². The molecule has 1 unspecified atom stereocenters. The summed E-state index contributed by atoms with van der Waals surface area (Å²) < 4.78 is 11.7. The van der Waals surface area contributed by atoms with E-state index in [0.717, 1.165) is 12.2 Å². The van der Waals surface area contributed by atoms with Crippen LogP contribution in [0.2, 0.25) is 0 Å². The largest absolute Gasteiger partial charge is 0.371 e. The lowest BCUT2D eigenvalue weighted by Gasteiger charge is -2.52. The molecule has 0 radical (unpaired) electrons. The third-order valence-corrected chi connectivity index (χ3v) is 4.53. The van der Waals surface area contributed by atoms with Crippen LogP contribution in [0.25, 0.3) is 0 Å². The van der Waals surface area contributed by atoms with Gasteiger partial charge in [0.1, 0.15) is 0 Å². The van der Waals surface area contributed by atoms with Crippen LogP contribution in [0.5, 0.6) is 0 Å². The SMILES string of the molecule is CO[C@@]12OCCN(C)C1=CC(=O)[C@]1(C)N=NC(C)[C@H]21. The zero-order valence-electron chi connectivity index (χ0n) is 11.7. The van der Waals surface area contributed by atoms with Crippen molar-refractivity contribution >= 4 is 5.78 Å².